The van der Waals surface area contributed by atoms with E-state index in [1.54, 1.807) is 0 Å². The Kier molecular flexibility index (Phi) is 5.49. The zero-order valence-electron chi connectivity index (χ0n) is 16.5. The summed E-state index contributed by atoms with van der Waals surface area (Å²) in [5.74, 6) is 0.0755. The molecule has 5 heteroatoms. The van der Waals surface area contributed by atoms with Crippen molar-refractivity contribution in [1.82, 2.24) is 9.80 Å². The molecule has 2 aromatic rings. The zero-order valence-corrected chi connectivity index (χ0v) is 16.5. The lowest BCUT2D eigenvalue weighted by atomic mass is 10.0. The number of benzene rings is 2. The van der Waals surface area contributed by atoms with E-state index in [1.807, 2.05) is 85.1 Å². The maximum Gasteiger partial charge on any atom is 0.254 e. The number of carbonyl (C=O) groups is 2. The van der Waals surface area contributed by atoms with Crippen LogP contribution in [-0.2, 0) is 0 Å². The summed E-state index contributed by atoms with van der Waals surface area (Å²) in [5.41, 5.74) is 4.59. The first-order chi connectivity index (χ1) is 12.9. The van der Waals surface area contributed by atoms with Crippen molar-refractivity contribution in [2.24, 2.45) is 0 Å². The number of rotatable bonds is 3. The summed E-state index contributed by atoms with van der Waals surface area (Å²) < 4.78 is 0. The summed E-state index contributed by atoms with van der Waals surface area (Å²) in [7, 11) is 3.92. The van der Waals surface area contributed by atoms with Crippen molar-refractivity contribution in [3.63, 3.8) is 0 Å². The number of hydrogen-bond acceptors (Lipinski definition) is 3. The third-order valence-electron chi connectivity index (χ3n) is 5.08. The van der Waals surface area contributed by atoms with Gasteiger partial charge in [0.1, 0.15) is 0 Å². The zero-order chi connectivity index (χ0) is 19.6. The van der Waals surface area contributed by atoms with Crippen LogP contribution in [-0.4, -0.2) is 61.9 Å². The average Bonchev–Trinajstić information content (AvgIpc) is 2.67. The van der Waals surface area contributed by atoms with Crippen LogP contribution < -0.4 is 4.90 Å². The second-order valence-electron chi connectivity index (χ2n) is 7.35. The summed E-state index contributed by atoms with van der Waals surface area (Å²) in [6, 6.07) is 13.6. The highest BCUT2D eigenvalue weighted by Crippen LogP contribution is 2.18. The number of aryl methyl sites for hydroxylation is 2. The molecule has 0 atom stereocenters. The molecule has 0 aliphatic carbocycles. The number of anilines is 1. The molecule has 1 saturated heterocycles. The van der Waals surface area contributed by atoms with Crippen LogP contribution in [0, 0.1) is 13.8 Å². The first-order valence-corrected chi connectivity index (χ1v) is 9.30. The molecule has 3 rings (SSSR count). The van der Waals surface area contributed by atoms with Crippen molar-refractivity contribution in [3.8, 4) is 0 Å². The molecule has 27 heavy (non-hydrogen) atoms. The van der Waals surface area contributed by atoms with Gasteiger partial charge in [-0.2, -0.15) is 0 Å². The highest BCUT2D eigenvalue weighted by Gasteiger charge is 2.26. The Balaban J connectivity index is 1.65. The van der Waals surface area contributed by atoms with Crippen LogP contribution >= 0.6 is 0 Å². The van der Waals surface area contributed by atoms with E-state index in [-0.39, 0.29) is 11.8 Å². The van der Waals surface area contributed by atoms with Gasteiger partial charge in [0, 0.05) is 57.1 Å². The third-order valence-corrected chi connectivity index (χ3v) is 5.08. The number of nitrogens with zero attached hydrogens (tertiary/aromatic N) is 3. The van der Waals surface area contributed by atoms with Crippen LogP contribution in [0.3, 0.4) is 0 Å². The second kappa shape index (κ2) is 7.82. The molecule has 1 fully saturated rings. The number of carbonyl (C=O) groups excluding carboxylic acids is 2. The molecular weight excluding hydrogens is 338 g/mol. The first-order valence-electron chi connectivity index (χ1n) is 9.30. The van der Waals surface area contributed by atoms with Gasteiger partial charge in [0.25, 0.3) is 11.8 Å². The van der Waals surface area contributed by atoms with Crippen molar-refractivity contribution in [2.45, 2.75) is 13.8 Å². The number of piperazine rings is 1. The van der Waals surface area contributed by atoms with E-state index in [1.165, 1.54) is 0 Å². The predicted molar refractivity (Wildman–Crippen MR) is 108 cm³/mol. The van der Waals surface area contributed by atoms with Gasteiger partial charge in [-0.05, 0) is 43.7 Å². The van der Waals surface area contributed by atoms with Crippen LogP contribution in [0.4, 0.5) is 5.69 Å². The topological polar surface area (TPSA) is 43.9 Å². The third kappa shape index (κ3) is 4.13. The van der Waals surface area contributed by atoms with Gasteiger partial charge in [0.15, 0.2) is 0 Å². The van der Waals surface area contributed by atoms with E-state index in [0.717, 1.165) is 22.4 Å². The minimum absolute atomic E-state index is 0.0253. The maximum absolute atomic E-state index is 12.8. The second-order valence-corrected chi connectivity index (χ2v) is 7.35. The first kappa shape index (κ1) is 19.0. The van der Waals surface area contributed by atoms with E-state index in [4.69, 9.17) is 0 Å². The number of amides is 2. The SMILES string of the molecule is Cc1ccc(C(=O)N2CCN(C(=O)c3cccc(N(C)C)c3)CC2)c(C)c1. The summed E-state index contributed by atoms with van der Waals surface area (Å²) in [6.45, 7) is 6.23. The van der Waals surface area contributed by atoms with Gasteiger partial charge in [0.05, 0.1) is 0 Å². The molecule has 142 valence electrons. The van der Waals surface area contributed by atoms with Crippen molar-refractivity contribution < 1.29 is 9.59 Å². The fraction of sp³-hybridized carbons (Fsp3) is 0.364. The Hall–Kier alpha value is -2.82. The Morgan fingerprint density at radius 1 is 0.852 bits per heavy atom. The average molecular weight is 365 g/mol. The summed E-state index contributed by atoms with van der Waals surface area (Å²) in [4.78, 5) is 31.3. The van der Waals surface area contributed by atoms with Crippen LogP contribution in [0.15, 0.2) is 42.5 Å². The van der Waals surface area contributed by atoms with Gasteiger partial charge >= 0.3 is 0 Å². The lowest BCUT2D eigenvalue weighted by Crippen LogP contribution is -2.50. The van der Waals surface area contributed by atoms with Crippen LogP contribution in [0.5, 0.6) is 0 Å². The molecule has 2 aromatic carbocycles. The summed E-state index contributed by atoms with van der Waals surface area (Å²) in [5, 5.41) is 0. The molecule has 0 saturated carbocycles. The smallest absolute Gasteiger partial charge is 0.254 e. The normalized spacial score (nSPS) is 14.2. The van der Waals surface area contributed by atoms with Gasteiger partial charge in [-0.3, -0.25) is 9.59 Å². The largest absolute Gasteiger partial charge is 0.378 e. The van der Waals surface area contributed by atoms with Gasteiger partial charge < -0.3 is 14.7 Å². The fourth-order valence-corrected chi connectivity index (χ4v) is 3.44. The van der Waals surface area contributed by atoms with Gasteiger partial charge in [-0.1, -0.05) is 23.8 Å². The molecule has 2 amide bonds. The molecule has 0 N–H and O–H groups in total. The van der Waals surface area contributed by atoms with E-state index >= 15 is 0 Å². The monoisotopic (exact) mass is 365 g/mol. The Labute approximate surface area is 161 Å². The van der Waals surface area contributed by atoms with Gasteiger partial charge in [-0.25, -0.2) is 0 Å². The number of hydrogen-bond donors (Lipinski definition) is 0. The molecule has 0 bridgehead atoms. The van der Waals surface area contributed by atoms with Crippen molar-refractivity contribution in [1.29, 1.82) is 0 Å². The molecule has 1 aliphatic heterocycles. The minimum Gasteiger partial charge on any atom is -0.378 e. The van der Waals surface area contributed by atoms with Crippen molar-refractivity contribution >= 4 is 17.5 Å². The minimum atomic E-state index is 0.0253. The molecule has 0 aromatic heterocycles. The van der Waals surface area contributed by atoms with Crippen LogP contribution in [0.2, 0.25) is 0 Å². The Morgan fingerprint density at radius 3 is 2.07 bits per heavy atom. The van der Waals surface area contributed by atoms with E-state index < -0.39 is 0 Å². The van der Waals surface area contributed by atoms with Crippen molar-refractivity contribution in [3.05, 3.63) is 64.7 Å². The van der Waals surface area contributed by atoms with Crippen LogP contribution in [0.25, 0.3) is 0 Å². The highest BCUT2D eigenvalue weighted by molar-refractivity contribution is 5.97. The molecule has 0 radical (unpaired) electrons. The van der Waals surface area contributed by atoms with Crippen LogP contribution in [0.1, 0.15) is 31.8 Å². The van der Waals surface area contributed by atoms with E-state index in [2.05, 4.69) is 0 Å². The maximum atomic E-state index is 12.8. The summed E-state index contributed by atoms with van der Waals surface area (Å²) >= 11 is 0. The Bertz CT molecular complexity index is 852. The van der Waals surface area contributed by atoms with Gasteiger partial charge in [0.2, 0.25) is 0 Å². The van der Waals surface area contributed by atoms with Crippen molar-refractivity contribution in [2.75, 3.05) is 45.2 Å². The highest BCUT2D eigenvalue weighted by atomic mass is 16.2. The molecule has 1 aliphatic rings. The lowest BCUT2D eigenvalue weighted by Gasteiger charge is -2.35. The Morgan fingerprint density at radius 2 is 1.48 bits per heavy atom. The lowest BCUT2D eigenvalue weighted by molar-refractivity contribution is 0.0535. The molecule has 1 heterocycles. The quantitative estimate of drug-likeness (QED) is 0.840. The predicted octanol–water partition coefficient (Wildman–Crippen LogP) is 2.97. The molecule has 5 nitrogen and oxygen atoms in total. The molecular formula is C22H27N3O2. The standard InChI is InChI=1S/C22H27N3O2/c1-16-8-9-20(17(2)14-16)22(27)25-12-10-24(11-13-25)21(26)18-6-5-7-19(15-18)23(3)4/h5-9,14-15H,10-13H2,1-4H3. The van der Waals surface area contributed by atoms with Gasteiger partial charge in [-0.15, -0.1) is 0 Å². The van der Waals surface area contributed by atoms with E-state index in [0.29, 0.717) is 31.7 Å². The summed E-state index contributed by atoms with van der Waals surface area (Å²) in [6.07, 6.45) is 0. The van der Waals surface area contributed by atoms with E-state index in [9.17, 15) is 9.59 Å². The molecule has 0 unspecified atom stereocenters. The molecule has 0 spiro atoms. The fourth-order valence-electron chi connectivity index (χ4n) is 3.44.